The molecule has 4 N–H and O–H groups in total. The molecule has 0 bridgehead atoms. The molecule has 7 aromatic carbocycles. The largest absolute Gasteiger partial charge is 0.398 e. The smallest absolute Gasteiger partial charge is 0.0474 e. The summed E-state index contributed by atoms with van der Waals surface area (Å²) in [5.74, 6) is 0. The highest BCUT2D eigenvalue weighted by Crippen LogP contribution is 2.50. The van der Waals surface area contributed by atoms with Crippen molar-refractivity contribution in [2.45, 2.75) is 52.4 Å². The Kier molecular flexibility index (Phi) is 6.27. The zero-order valence-corrected chi connectivity index (χ0v) is 26.5. The van der Waals surface area contributed by atoms with Crippen LogP contribution in [0.3, 0.4) is 0 Å². The first-order chi connectivity index (χ1) is 20.9. The molecule has 7 aromatic rings. The van der Waals surface area contributed by atoms with Crippen molar-refractivity contribution in [3.63, 3.8) is 0 Å². The van der Waals surface area contributed by atoms with Gasteiger partial charge in [0.05, 0.1) is 0 Å². The third-order valence-corrected chi connectivity index (χ3v) is 9.29. The summed E-state index contributed by atoms with van der Waals surface area (Å²) in [5.41, 5.74) is 23.0. The maximum atomic E-state index is 7.08. The van der Waals surface area contributed by atoms with E-state index in [0.29, 0.717) is 0 Å². The van der Waals surface area contributed by atoms with Gasteiger partial charge in [-0.25, -0.2) is 0 Å². The van der Waals surface area contributed by atoms with Crippen LogP contribution in [0.1, 0.15) is 52.7 Å². The van der Waals surface area contributed by atoms with Gasteiger partial charge in [0.1, 0.15) is 0 Å². The minimum Gasteiger partial charge on any atom is -0.398 e. The van der Waals surface area contributed by atoms with E-state index in [1.54, 1.807) is 0 Å². The van der Waals surface area contributed by atoms with Gasteiger partial charge >= 0.3 is 0 Å². The van der Waals surface area contributed by atoms with E-state index in [0.717, 1.165) is 49.1 Å². The molecule has 0 fully saturated rings. The summed E-state index contributed by atoms with van der Waals surface area (Å²) < 4.78 is 0. The Labute approximate surface area is 260 Å². The van der Waals surface area contributed by atoms with Gasteiger partial charge in [-0.15, -0.1) is 0 Å². The summed E-state index contributed by atoms with van der Waals surface area (Å²) in [5, 5.41) is 8.88. The molecule has 0 heterocycles. The van der Waals surface area contributed by atoms with Gasteiger partial charge in [0.25, 0.3) is 0 Å². The van der Waals surface area contributed by atoms with Gasteiger partial charge in [0, 0.05) is 38.3 Å². The molecule has 0 saturated heterocycles. The summed E-state index contributed by atoms with van der Waals surface area (Å²) in [4.78, 5) is 0. The molecule has 0 spiro atoms. The maximum Gasteiger partial charge on any atom is 0.0474 e. The molecule has 7 rings (SSSR count). The van der Waals surface area contributed by atoms with Gasteiger partial charge in [0.15, 0.2) is 0 Å². The Morgan fingerprint density at radius 3 is 1.25 bits per heavy atom. The van der Waals surface area contributed by atoms with Gasteiger partial charge in [0.2, 0.25) is 0 Å². The number of nitrogen functional groups attached to an aromatic ring is 2. The fourth-order valence-electron chi connectivity index (χ4n) is 6.84. The molecule has 0 aliphatic heterocycles. The Hall–Kier alpha value is -4.82. The van der Waals surface area contributed by atoms with Crippen LogP contribution in [-0.4, -0.2) is 0 Å². The van der Waals surface area contributed by atoms with Crippen molar-refractivity contribution in [2.24, 2.45) is 0 Å². The standard InChI is InChI=1S/C42H40N2/c1-41(2,3)26-22-25(23-27(24-26)42(4,5)6)28-20-13-21-35-36(28)38(31-16-9-12-19-34(31)40(35)44)37-29-14-7-10-17-32(29)39(43)33-18-11-8-15-30(33)37/h7-24H,43-44H2,1-6H3. The molecule has 0 unspecified atom stereocenters. The van der Waals surface area contributed by atoms with Gasteiger partial charge in [-0.2, -0.15) is 0 Å². The van der Waals surface area contributed by atoms with Gasteiger partial charge in [-0.05, 0) is 60.4 Å². The first-order valence-electron chi connectivity index (χ1n) is 15.5. The second-order valence-electron chi connectivity index (χ2n) is 14.2. The van der Waals surface area contributed by atoms with Crippen molar-refractivity contribution in [3.8, 4) is 22.3 Å². The molecule has 2 heteroatoms. The lowest BCUT2D eigenvalue weighted by atomic mass is 9.77. The highest BCUT2D eigenvalue weighted by molar-refractivity contribution is 6.30. The molecule has 0 amide bonds. The van der Waals surface area contributed by atoms with E-state index in [2.05, 4.69) is 151 Å². The summed E-state index contributed by atoms with van der Waals surface area (Å²) in [6, 6.07) is 39.5. The fourth-order valence-corrected chi connectivity index (χ4v) is 6.84. The lowest BCUT2D eigenvalue weighted by Crippen LogP contribution is -2.16. The van der Waals surface area contributed by atoms with Crippen molar-refractivity contribution in [1.29, 1.82) is 0 Å². The average molecular weight is 573 g/mol. The molecular formula is C42H40N2. The summed E-state index contributed by atoms with van der Waals surface area (Å²) in [6.07, 6.45) is 0. The summed E-state index contributed by atoms with van der Waals surface area (Å²) in [6.45, 7) is 13.8. The predicted octanol–water partition coefficient (Wildman–Crippen LogP) is 11.4. The third kappa shape index (κ3) is 4.32. The third-order valence-electron chi connectivity index (χ3n) is 9.29. The molecule has 218 valence electrons. The van der Waals surface area contributed by atoms with Crippen LogP contribution >= 0.6 is 0 Å². The van der Waals surface area contributed by atoms with Gasteiger partial charge in [-0.1, -0.05) is 151 Å². The van der Waals surface area contributed by atoms with Crippen molar-refractivity contribution in [1.82, 2.24) is 0 Å². The molecular weight excluding hydrogens is 532 g/mol. The molecule has 44 heavy (non-hydrogen) atoms. The lowest BCUT2D eigenvalue weighted by molar-refractivity contribution is 0.569. The molecule has 0 radical (unpaired) electrons. The highest BCUT2D eigenvalue weighted by Gasteiger charge is 2.25. The van der Waals surface area contributed by atoms with Gasteiger partial charge in [-0.3, -0.25) is 0 Å². The van der Waals surface area contributed by atoms with Crippen LogP contribution in [0.15, 0.2) is 109 Å². The number of rotatable bonds is 2. The zero-order valence-electron chi connectivity index (χ0n) is 26.5. The van der Waals surface area contributed by atoms with E-state index in [9.17, 15) is 0 Å². The molecule has 0 atom stereocenters. The van der Waals surface area contributed by atoms with E-state index in [1.165, 1.54) is 38.8 Å². The second-order valence-corrected chi connectivity index (χ2v) is 14.2. The molecule has 2 nitrogen and oxygen atoms in total. The van der Waals surface area contributed by atoms with Crippen LogP contribution in [0.5, 0.6) is 0 Å². The van der Waals surface area contributed by atoms with Gasteiger partial charge < -0.3 is 11.5 Å². The number of benzene rings is 7. The number of fused-ring (bicyclic) bond motifs is 4. The van der Waals surface area contributed by atoms with Crippen LogP contribution in [0.4, 0.5) is 11.4 Å². The Morgan fingerprint density at radius 1 is 0.409 bits per heavy atom. The van der Waals surface area contributed by atoms with E-state index in [-0.39, 0.29) is 10.8 Å². The van der Waals surface area contributed by atoms with Crippen molar-refractivity contribution in [2.75, 3.05) is 11.5 Å². The molecule has 0 aromatic heterocycles. The summed E-state index contributed by atoms with van der Waals surface area (Å²) in [7, 11) is 0. The second kappa shape index (κ2) is 9.86. The van der Waals surface area contributed by atoms with Crippen molar-refractivity contribution >= 4 is 54.5 Å². The van der Waals surface area contributed by atoms with Crippen LogP contribution in [0, 0.1) is 0 Å². The SMILES string of the molecule is CC(C)(C)c1cc(-c2cccc3c(N)c4ccccc4c(-c4c5ccccc5c(N)c5ccccc45)c23)cc(C(C)(C)C)c1. The van der Waals surface area contributed by atoms with E-state index in [4.69, 9.17) is 11.5 Å². The van der Waals surface area contributed by atoms with Crippen LogP contribution in [0.25, 0.3) is 65.3 Å². The Morgan fingerprint density at radius 2 is 0.795 bits per heavy atom. The Balaban J connectivity index is 1.75. The number of nitrogens with two attached hydrogens (primary N) is 2. The molecule has 0 saturated carbocycles. The van der Waals surface area contributed by atoms with Crippen LogP contribution in [0.2, 0.25) is 0 Å². The monoisotopic (exact) mass is 572 g/mol. The minimum absolute atomic E-state index is 0.00148. The maximum absolute atomic E-state index is 7.08. The van der Waals surface area contributed by atoms with Crippen molar-refractivity contribution in [3.05, 3.63) is 120 Å². The normalized spacial score (nSPS) is 12.5. The predicted molar refractivity (Wildman–Crippen MR) is 194 cm³/mol. The zero-order chi connectivity index (χ0) is 31.0. The quantitative estimate of drug-likeness (QED) is 0.160. The molecule has 0 aliphatic carbocycles. The Bertz CT molecular complexity index is 2170. The molecule has 0 aliphatic rings. The lowest BCUT2D eigenvalue weighted by Gasteiger charge is -2.27. The number of hydrogen-bond acceptors (Lipinski definition) is 2. The average Bonchev–Trinajstić information content (AvgIpc) is 3.01. The topological polar surface area (TPSA) is 52.0 Å². The van der Waals surface area contributed by atoms with Crippen LogP contribution in [-0.2, 0) is 10.8 Å². The minimum atomic E-state index is -0.00148. The van der Waals surface area contributed by atoms with E-state index in [1.807, 2.05) is 0 Å². The fraction of sp³-hybridized carbons (Fsp3) is 0.190. The van der Waals surface area contributed by atoms with Crippen molar-refractivity contribution < 1.29 is 0 Å². The first-order valence-corrected chi connectivity index (χ1v) is 15.5. The highest BCUT2D eigenvalue weighted by atomic mass is 14.6. The number of anilines is 2. The van der Waals surface area contributed by atoms with E-state index >= 15 is 0 Å². The summed E-state index contributed by atoms with van der Waals surface area (Å²) >= 11 is 0. The number of hydrogen-bond donors (Lipinski definition) is 2. The van der Waals surface area contributed by atoms with E-state index < -0.39 is 0 Å². The first kappa shape index (κ1) is 28.0. The van der Waals surface area contributed by atoms with Crippen LogP contribution < -0.4 is 11.5 Å².